The number of hydrogen-bond acceptors (Lipinski definition) is 6. The van der Waals surface area contributed by atoms with Crippen LogP contribution >= 0.6 is 11.5 Å². The normalized spacial score (nSPS) is 10.5. The van der Waals surface area contributed by atoms with Gasteiger partial charge in [0, 0.05) is 24.0 Å². The lowest BCUT2D eigenvalue weighted by Crippen LogP contribution is -2.14. The molecule has 3 aromatic rings. The van der Waals surface area contributed by atoms with Crippen molar-refractivity contribution in [1.82, 2.24) is 9.36 Å². The van der Waals surface area contributed by atoms with Gasteiger partial charge in [-0.2, -0.15) is 4.37 Å². The molecule has 3 rings (SSSR count). The third-order valence-electron chi connectivity index (χ3n) is 3.48. The molecule has 6 nitrogen and oxygen atoms in total. The summed E-state index contributed by atoms with van der Waals surface area (Å²) in [6, 6.07) is 6.51. The number of ether oxygens (including phenoxy) is 1. The molecule has 0 aliphatic heterocycles. The predicted octanol–water partition coefficient (Wildman–Crippen LogP) is 4.13. The number of nitrogens with zero attached hydrogens (tertiary/aromatic N) is 2. The number of pyridine rings is 1. The number of rotatable bonds is 5. The van der Waals surface area contributed by atoms with Gasteiger partial charge >= 0.3 is 0 Å². The number of halogens is 2. The molecule has 26 heavy (non-hydrogen) atoms. The average Bonchev–Trinajstić information content (AvgIpc) is 2.98. The van der Waals surface area contributed by atoms with Crippen molar-refractivity contribution in [2.24, 2.45) is 0 Å². The van der Waals surface area contributed by atoms with Gasteiger partial charge < -0.3 is 15.4 Å². The first-order valence-electron chi connectivity index (χ1n) is 7.47. The van der Waals surface area contributed by atoms with Gasteiger partial charge in [-0.3, -0.25) is 4.79 Å². The Morgan fingerprint density at radius 2 is 2.00 bits per heavy atom. The van der Waals surface area contributed by atoms with Crippen LogP contribution in [0.2, 0.25) is 0 Å². The summed E-state index contributed by atoms with van der Waals surface area (Å²) in [5.74, 6) is -1.43. The highest BCUT2D eigenvalue weighted by atomic mass is 32.1. The van der Waals surface area contributed by atoms with Gasteiger partial charge in [-0.15, -0.1) is 0 Å². The van der Waals surface area contributed by atoms with Gasteiger partial charge in [-0.05, 0) is 36.7 Å². The summed E-state index contributed by atoms with van der Waals surface area (Å²) in [6.45, 7) is 1.68. The number of nitrogens with one attached hydrogen (secondary N) is 2. The van der Waals surface area contributed by atoms with E-state index < -0.39 is 17.5 Å². The van der Waals surface area contributed by atoms with E-state index in [0.717, 1.165) is 23.7 Å². The Balaban J connectivity index is 1.84. The van der Waals surface area contributed by atoms with E-state index in [2.05, 4.69) is 20.0 Å². The summed E-state index contributed by atoms with van der Waals surface area (Å²) < 4.78 is 35.7. The monoisotopic (exact) mass is 376 g/mol. The van der Waals surface area contributed by atoms with Crippen LogP contribution in [0, 0.1) is 18.6 Å². The van der Waals surface area contributed by atoms with Crippen LogP contribution in [0.15, 0.2) is 36.5 Å². The summed E-state index contributed by atoms with van der Waals surface area (Å²) in [4.78, 5) is 16.7. The molecule has 0 saturated heterocycles. The van der Waals surface area contributed by atoms with Gasteiger partial charge in [0.25, 0.3) is 5.91 Å². The van der Waals surface area contributed by atoms with E-state index in [4.69, 9.17) is 4.74 Å². The number of carbonyl (C=O) groups excluding carboxylic acids is 1. The molecule has 0 saturated carbocycles. The fraction of sp³-hybridized carbons (Fsp3) is 0.118. The zero-order valence-electron chi connectivity index (χ0n) is 13.8. The summed E-state index contributed by atoms with van der Waals surface area (Å²) in [6.07, 6.45) is 1.57. The number of benzene rings is 1. The zero-order chi connectivity index (χ0) is 18.7. The maximum atomic E-state index is 13.3. The molecule has 0 aliphatic rings. The first-order chi connectivity index (χ1) is 12.5. The zero-order valence-corrected chi connectivity index (χ0v) is 14.7. The first kappa shape index (κ1) is 17.7. The lowest BCUT2D eigenvalue weighted by molar-refractivity contribution is 0.102. The van der Waals surface area contributed by atoms with E-state index in [0.29, 0.717) is 27.8 Å². The Bertz CT molecular complexity index is 962. The second-order valence-corrected chi connectivity index (χ2v) is 6.03. The number of methoxy groups -OCH3 is 1. The molecule has 0 radical (unpaired) electrons. The van der Waals surface area contributed by atoms with Crippen LogP contribution in [0.25, 0.3) is 0 Å². The molecule has 2 heterocycles. The third-order valence-corrected chi connectivity index (χ3v) is 4.33. The molecule has 1 aromatic carbocycles. The van der Waals surface area contributed by atoms with Gasteiger partial charge in [0.2, 0.25) is 0 Å². The van der Waals surface area contributed by atoms with Crippen LogP contribution in [-0.2, 0) is 0 Å². The van der Waals surface area contributed by atoms with Crippen LogP contribution in [0.4, 0.5) is 25.3 Å². The van der Waals surface area contributed by atoms with E-state index in [9.17, 15) is 13.6 Å². The minimum Gasteiger partial charge on any atom is -0.497 e. The second kappa shape index (κ2) is 7.44. The van der Waals surface area contributed by atoms with Crippen molar-refractivity contribution in [2.45, 2.75) is 6.92 Å². The predicted molar refractivity (Wildman–Crippen MR) is 95.2 cm³/mol. The molecule has 2 aromatic heterocycles. The molecule has 0 aliphatic carbocycles. The van der Waals surface area contributed by atoms with Crippen LogP contribution in [0.3, 0.4) is 0 Å². The number of carbonyl (C=O) groups is 1. The highest BCUT2D eigenvalue weighted by Gasteiger charge is 2.19. The van der Waals surface area contributed by atoms with Crippen LogP contribution in [-0.4, -0.2) is 22.4 Å². The van der Waals surface area contributed by atoms with Crippen LogP contribution in [0.5, 0.6) is 5.75 Å². The maximum absolute atomic E-state index is 13.3. The van der Waals surface area contributed by atoms with Crippen molar-refractivity contribution in [1.29, 1.82) is 0 Å². The van der Waals surface area contributed by atoms with E-state index in [1.54, 1.807) is 25.3 Å². The SMILES string of the molecule is COc1ccnc(Nc2snc(C)c2C(=O)Nc2ccc(F)c(F)c2)c1. The van der Waals surface area contributed by atoms with Crippen LogP contribution < -0.4 is 15.4 Å². The van der Waals surface area contributed by atoms with E-state index >= 15 is 0 Å². The fourth-order valence-corrected chi connectivity index (χ4v) is 3.01. The van der Waals surface area contributed by atoms with Gasteiger partial charge in [-0.25, -0.2) is 13.8 Å². The lowest BCUT2D eigenvalue weighted by atomic mass is 10.2. The largest absolute Gasteiger partial charge is 0.497 e. The molecule has 0 unspecified atom stereocenters. The minimum absolute atomic E-state index is 0.143. The topological polar surface area (TPSA) is 76.1 Å². The van der Waals surface area contributed by atoms with Crippen molar-refractivity contribution in [3.8, 4) is 5.75 Å². The van der Waals surface area contributed by atoms with E-state index in [-0.39, 0.29) is 5.69 Å². The van der Waals surface area contributed by atoms with Gasteiger partial charge in [0.05, 0.1) is 18.4 Å². The smallest absolute Gasteiger partial charge is 0.260 e. The quantitative estimate of drug-likeness (QED) is 0.700. The molecule has 0 fully saturated rings. The molecule has 0 spiro atoms. The third kappa shape index (κ3) is 3.77. The van der Waals surface area contributed by atoms with Gasteiger partial charge in [-0.1, -0.05) is 0 Å². The van der Waals surface area contributed by atoms with Crippen LogP contribution in [0.1, 0.15) is 16.1 Å². The Hall–Kier alpha value is -3.07. The van der Waals surface area contributed by atoms with E-state index in [1.165, 1.54) is 13.2 Å². The molecule has 2 N–H and O–H groups in total. The highest BCUT2D eigenvalue weighted by molar-refractivity contribution is 7.10. The first-order valence-corrected chi connectivity index (χ1v) is 8.25. The number of aryl methyl sites for hydroxylation is 1. The minimum atomic E-state index is -1.04. The molecular formula is C17H14F2N4O2S. The molecule has 1 amide bonds. The molecule has 0 bridgehead atoms. The average molecular weight is 376 g/mol. The summed E-state index contributed by atoms with van der Waals surface area (Å²) in [7, 11) is 1.54. The maximum Gasteiger partial charge on any atom is 0.260 e. The van der Waals surface area contributed by atoms with Gasteiger partial charge in [0.1, 0.15) is 16.6 Å². The number of anilines is 3. The summed E-state index contributed by atoms with van der Waals surface area (Å²) in [5.41, 5.74) is 0.940. The Morgan fingerprint density at radius 1 is 1.19 bits per heavy atom. The van der Waals surface area contributed by atoms with E-state index in [1.807, 2.05) is 0 Å². The number of hydrogen-bond donors (Lipinski definition) is 2. The van der Waals surface area contributed by atoms with Crippen molar-refractivity contribution >= 4 is 33.9 Å². The Morgan fingerprint density at radius 3 is 2.73 bits per heavy atom. The fourth-order valence-electron chi connectivity index (χ4n) is 2.21. The Labute approximate surface area is 152 Å². The number of amides is 1. The van der Waals surface area contributed by atoms with Crippen molar-refractivity contribution in [3.63, 3.8) is 0 Å². The van der Waals surface area contributed by atoms with Gasteiger partial charge in [0.15, 0.2) is 11.6 Å². The summed E-state index contributed by atoms with van der Waals surface area (Å²) in [5, 5.41) is 6.04. The molecule has 9 heteroatoms. The standard InChI is InChI=1S/C17H14F2N4O2S/c1-9-15(16(24)21-10-3-4-12(18)13(19)7-10)17(26-23-9)22-14-8-11(25-2)5-6-20-14/h3-8H,1-2H3,(H,20,22)(H,21,24). The summed E-state index contributed by atoms with van der Waals surface area (Å²) >= 11 is 1.09. The second-order valence-electron chi connectivity index (χ2n) is 5.26. The highest BCUT2D eigenvalue weighted by Crippen LogP contribution is 2.29. The molecular weight excluding hydrogens is 362 g/mol. The van der Waals surface area contributed by atoms with Crippen molar-refractivity contribution in [3.05, 3.63) is 59.4 Å². The number of aromatic nitrogens is 2. The molecule has 0 atom stereocenters. The Kier molecular flexibility index (Phi) is 5.08. The van der Waals surface area contributed by atoms with Crippen molar-refractivity contribution in [2.75, 3.05) is 17.7 Å². The lowest BCUT2D eigenvalue weighted by Gasteiger charge is -2.09. The van der Waals surface area contributed by atoms with Crippen molar-refractivity contribution < 1.29 is 18.3 Å². The molecule has 134 valence electrons.